The summed E-state index contributed by atoms with van der Waals surface area (Å²) >= 11 is 7.84. The third-order valence-electron chi connectivity index (χ3n) is 4.59. The summed E-state index contributed by atoms with van der Waals surface area (Å²) in [4.78, 5) is 12.8. The van der Waals surface area contributed by atoms with Gasteiger partial charge in [-0.05, 0) is 29.8 Å². The Morgan fingerprint density at radius 3 is 2.73 bits per heavy atom. The zero-order valence-corrected chi connectivity index (χ0v) is 15.9. The molecule has 7 heteroatoms. The van der Waals surface area contributed by atoms with Crippen molar-refractivity contribution in [2.75, 3.05) is 5.32 Å². The molecular weight excluding hydrogens is 368 g/mol. The average molecular weight is 387 g/mol. The number of anilines is 1. The molecule has 4 rings (SSSR count). The van der Waals surface area contributed by atoms with Crippen molar-refractivity contribution in [2.24, 2.45) is 7.05 Å². The van der Waals surface area contributed by atoms with Crippen LogP contribution in [0.1, 0.15) is 29.3 Å². The minimum absolute atomic E-state index is 0.0265. The SMILES string of the molecule is Cn1nc2c(c1NC(=O)C[C@H](c1ccc(Cl)cc1)n1cccc1)CSC2. The quantitative estimate of drug-likeness (QED) is 0.713. The molecule has 0 unspecified atom stereocenters. The first-order valence-electron chi connectivity index (χ1n) is 8.42. The fourth-order valence-electron chi connectivity index (χ4n) is 3.29. The Kier molecular flexibility index (Phi) is 4.78. The van der Waals surface area contributed by atoms with Crippen molar-refractivity contribution >= 4 is 35.1 Å². The summed E-state index contributed by atoms with van der Waals surface area (Å²) < 4.78 is 3.82. The number of hydrogen-bond donors (Lipinski definition) is 1. The lowest BCUT2D eigenvalue weighted by molar-refractivity contribution is -0.116. The monoisotopic (exact) mass is 386 g/mol. The van der Waals surface area contributed by atoms with Crippen molar-refractivity contribution in [3.05, 3.63) is 70.6 Å². The maximum atomic E-state index is 12.8. The summed E-state index contributed by atoms with van der Waals surface area (Å²) in [6.07, 6.45) is 4.29. The number of amides is 1. The van der Waals surface area contributed by atoms with Crippen LogP contribution in [0.5, 0.6) is 0 Å². The van der Waals surface area contributed by atoms with E-state index in [0.717, 1.165) is 34.1 Å². The molecule has 5 nitrogen and oxygen atoms in total. The van der Waals surface area contributed by atoms with Crippen LogP contribution in [0.2, 0.25) is 5.02 Å². The van der Waals surface area contributed by atoms with E-state index in [9.17, 15) is 4.79 Å². The normalized spacial score (nSPS) is 14.2. The van der Waals surface area contributed by atoms with E-state index < -0.39 is 0 Å². The van der Waals surface area contributed by atoms with Crippen LogP contribution >= 0.6 is 23.4 Å². The Hall–Kier alpha value is -2.18. The summed E-state index contributed by atoms with van der Waals surface area (Å²) in [5, 5.41) is 8.26. The van der Waals surface area contributed by atoms with Crippen LogP contribution in [-0.2, 0) is 23.3 Å². The number of nitrogens with zero attached hydrogens (tertiary/aromatic N) is 3. The van der Waals surface area contributed by atoms with Crippen LogP contribution in [-0.4, -0.2) is 20.3 Å². The second kappa shape index (κ2) is 7.21. The van der Waals surface area contributed by atoms with Gasteiger partial charge >= 0.3 is 0 Å². The number of thioether (sulfide) groups is 1. The van der Waals surface area contributed by atoms with Gasteiger partial charge in [0.05, 0.1) is 18.2 Å². The van der Waals surface area contributed by atoms with Gasteiger partial charge in [-0.25, -0.2) is 0 Å². The second-order valence-corrected chi connectivity index (χ2v) is 7.76. The second-order valence-electron chi connectivity index (χ2n) is 6.34. The van der Waals surface area contributed by atoms with Crippen molar-refractivity contribution in [3.63, 3.8) is 0 Å². The highest BCUT2D eigenvalue weighted by atomic mass is 35.5. The van der Waals surface area contributed by atoms with Crippen molar-refractivity contribution in [1.82, 2.24) is 14.3 Å². The van der Waals surface area contributed by atoms with Crippen LogP contribution in [0.4, 0.5) is 5.82 Å². The van der Waals surface area contributed by atoms with Crippen molar-refractivity contribution in [3.8, 4) is 0 Å². The maximum absolute atomic E-state index is 12.8. The Morgan fingerprint density at radius 2 is 2.00 bits per heavy atom. The highest BCUT2D eigenvalue weighted by Gasteiger charge is 2.24. The van der Waals surface area contributed by atoms with Gasteiger partial charge < -0.3 is 9.88 Å². The van der Waals surface area contributed by atoms with Gasteiger partial charge in [-0.2, -0.15) is 16.9 Å². The Balaban J connectivity index is 1.56. The van der Waals surface area contributed by atoms with Gasteiger partial charge in [0.25, 0.3) is 0 Å². The molecule has 0 spiro atoms. The van der Waals surface area contributed by atoms with Gasteiger partial charge in [0.2, 0.25) is 5.91 Å². The van der Waals surface area contributed by atoms with Crippen LogP contribution in [0.15, 0.2) is 48.8 Å². The van der Waals surface area contributed by atoms with E-state index in [1.54, 1.807) is 4.68 Å². The van der Waals surface area contributed by atoms with Gasteiger partial charge in [-0.3, -0.25) is 9.48 Å². The first-order valence-corrected chi connectivity index (χ1v) is 9.95. The highest BCUT2D eigenvalue weighted by Crippen LogP contribution is 2.34. The molecule has 0 bridgehead atoms. The summed E-state index contributed by atoms with van der Waals surface area (Å²) in [5.74, 6) is 2.60. The summed E-state index contributed by atoms with van der Waals surface area (Å²) in [7, 11) is 1.88. The number of aromatic nitrogens is 3. The van der Waals surface area contributed by atoms with E-state index in [2.05, 4.69) is 10.4 Å². The first kappa shape index (κ1) is 17.2. The third kappa shape index (κ3) is 3.39. The van der Waals surface area contributed by atoms with E-state index in [1.807, 2.05) is 72.2 Å². The molecule has 3 aromatic rings. The van der Waals surface area contributed by atoms with Gasteiger partial charge in [-0.1, -0.05) is 23.7 Å². The fourth-order valence-corrected chi connectivity index (χ4v) is 4.45. The fraction of sp³-hybridized carbons (Fsp3) is 0.263. The minimum Gasteiger partial charge on any atom is -0.346 e. The van der Waals surface area contributed by atoms with Gasteiger partial charge in [0, 0.05) is 41.5 Å². The molecule has 1 amide bonds. The molecule has 2 aromatic heterocycles. The summed E-state index contributed by atoms with van der Waals surface area (Å²) in [6, 6.07) is 11.5. The van der Waals surface area contributed by atoms with Gasteiger partial charge in [0.1, 0.15) is 5.82 Å². The zero-order chi connectivity index (χ0) is 18.1. The average Bonchev–Trinajstić information content (AvgIpc) is 3.34. The van der Waals surface area contributed by atoms with Crippen molar-refractivity contribution in [1.29, 1.82) is 0 Å². The zero-order valence-electron chi connectivity index (χ0n) is 14.4. The molecule has 26 heavy (non-hydrogen) atoms. The topological polar surface area (TPSA) is 51.9 Å². The lowest BCUT2D eigenvalue weighted by Crippen LogP contribution is -2.21. The standard InChI is InChI=1S/C19H19ClN4OS/c1-23-19(15-11-26-12-16(15)22-23)21-18(25)10-17(24-8-2-3-9-24)13-4-6-14(20)7-5-13/h2-9,17H,10-12H2,1H3,(H,21,25)/t17-/m1/s1. The van der Waals surface area contributed by atoms with E-state index in [1.165, 1.54) is 0 Å². The molecule has 0 saturated heterocycles. The summed E-state index contributed by atoms with van der Waals surface area (Å²) in [5.41, 5.74) is 3.27. The number of carbonyl (C=O) groups is 1. The molecule has 0 saturated carbocycles. The van der Waals surface area contributed by atoms with Crippen LogP contribution in [0.3, 0.4) is 0 Å². The number of aryl methyl sites for hydroxylation is 1. The minimum atomic E-state index is -0.0853. The van der Waals surface area contributed by atoms with Crippen LogP contribution < -0.4 is 5.32 Å². The predicted molar refractivity (Wildman–Crippen MR) is 105 cm³/mol. The number of benzene rings is 1. The number of hydrogen-bond acceptors (Lipinski definition) is 3. The number of fused-ring (bicyclic) bond motifs is 1. The van der Waals surface area contributed by atoms with Gasteiger partial charge in [-0.15, -0.1) is 0 Å². The van der Waals surface area contributed by atoms with Gasteiger partial charge in [0.15, 0.2) is 0 Å². The summed E-state index contributed by atoms with van der Waals surface area (Å²) in [6.45, 7) is 0. The van der Waals surface area contributed by atoms with E-state index in [0.29, 0.717) is 11.4 Å². The molecule has 1 N–H and O–H groups in total. The van der Waals surface area contributed by atoms with Crippen molar-refractivity contribution < 1.29 is 4.79 Å². The lowest BCUT2D eigenvalue weighted by atomic mass is 10.0. The van der Waals surface area contributed by atoms with Crippen molar-refractivity contribution in [2.45, 2.75) is 24.0 Å². The highest BCUT2D eigenvalue weighted by molar-refractivity contribution is 7.98. The molecule has 0 aliphatic carbocycles. The molecule has 1 aromatic carbocycles. The molecule has 134 valence electrons. The molecule has 1 atom stereocenters. The lowest BCUT2D eigenvalue weighted by Gasteiger charge is -2.19. The van der Waals surface area contributed by atoms with E-state index in [4.69, 9.17) is 11.6 Å². The number of nitrogens with one attached hydrogen (secondary N) is 1. The Bertz CT molecular complexity index is 918. The number of halogens is 1. The predicted octanol–water partition coefficient (Wildman–Crippen LogP) is 4.24. The molecule has 1 aliphatic heterocycles. The van der Waals surface area contributed by atoms with Crippen LogP contribution in [0, 0.1) is 0 Å². The smallest absolute Gasteiger partial charge is 0.227 e. The molecule has 3 heterocycles. The van der Waals surface area contributed by atoms with Crippen LogP contribution in [0.25, 0.3) is 0 Å². The molecule has 1 aliphatic rings. The molecule has 0 radical (unpaired) electrons. The molecule has 0 fully saturated rings. The Labute approximate surface area is 161 Å². The Morgan fingerprint density at radius 1 is 1.27 bits per heavy atom. The number of rotatable bonds is 5. The van der Waals surface area contributed by atoms with E-state index in [-0.39, 0.29) is 11.9 Å². The third-order valence-corrected chi connectivity index (χ3v) is 5.81. The first-order chi connectivity index (χ1) is 12.6. The molecular formula is C19H19ClN4OS. The number of carbonyl (C=O) groups excluding carboxylic acids is 1. The van der Waals surface area contributed by atoms with E-state index >= 15 is 0 Å². The maximum Gasteiger partial charge on any atom is 0.227 e. The largest absolute Gasteiger partial charge is 0.346 e.